The lowest BCUT2D eigenvalue weighted by Gasteiger charge is -2.08. The standard InChI is InChI=1S/C18H16ClN3O3S/c1-3-9-22-16(12-4-6-14(19)7-5-12)20-21-18(22)26-11-13-8-10-25-15(13)17(23)24-2/h3-8,10H,1,9,11H2,2H3. The quantitative estimate of drug-likeness (QED) is 0.337. The van der Waals surface area contributed by atoms with E-state index in [1.54, 1.807) is 12.1 Å². The molecule has 0 saturated carbocycles. The fourth-order valence-corrected chi connectivity index (χ4v) is 3.42. The van der Waals surface area contributed by atoms with Crippen LogP contribution < -0.4 is 0 Å². The molecule has 0 bridgehead atoms. The summed E-state index contributed by atoms with van der Waals surface area (Å²) in [5.74, 6) is 0.925. The van der Waals surface area contributed by atoms with E-state index >= 15 is 0 Å². The predicted octanol–water partition coefficient (Wildman–Crippen LogP) is 4.46. The number of furan rings is 1. The van der Waals surface area contributed by atoms with Crippen molar-refractivity contribution in [1.29, 1.82) is 0 Å². The lowest BCUT2D eigenvalue weighted by atomic mass is 10.2. The third-order valence-electron chi connectivity index (χ3n) is 3.61. The van der Waals surface area contributed by atoms with Crippen LogP contribution in [-0.2, 0) is 17.0 Å². The van der Waals surface area contributed by atoms with Gasteiger partial charge in [-0.05, 0) is 30.3 Å². The van der Waals surface area contributed by atoms with E-state index in [4.69, 9.17) is 20.8 Å². The van der Waals surface area contributed by atoms with E-state index in [0.717, 1.165) is 17.0 Å². The van der Waals surface area contributed by atoms with E-state index in [1.165, 1.54) is 25.1 Å². The number of halogens is 1. The number of nitrogens with zero attached hydrogens (tertiary/aromatic N) is 3. The summed E-state index contributed by atoms with van der Waals surface area (Å²) in [5.41, 5.74) is 1.65. The molecule has 1 aromatic carbocycles. The van der Waals surface area contributed by atoms with E-state index in [0.29, 0.717) is 22.5 Å². The topological polar surface area (TPSA) is 70.2 Å². The Kier molecular flexibility index (Phi) is 5.80. The number of rotatable bonds is 7. The maximum Gasteiger partial charge on any atom is 0.374 e. The van der Waals surface area contributed by atoms with Gasteiger partial charge in [0.2, 0.25) is 5.76 Å². The van der Waals surface area contributed by atoms with Gasteiger partial charge in [-0.25, -0.2) is 4.79 Å². The molecule has 0 aliphatic rings. The highest BCUT2D eigenvalue weighted by atomic mass is 35.5. The van der Waals surface area contributed by atoms with Crippen molar-refractivity contribution in [2.24, 2.45) is 0 Å². The predicted molar refractivity (Wildman–Crippen MR) is 100 cm³/mol. The van der Waals surface area contributed by atoms with Crippen molar-refractivity contribution in [2.75, 3.05) is 7.11 Å². The van der Waals surface area contributed by atoms with Gasteiger partial charge in [0.05, 0.1) is 13.4 Å². The largest absolute Gasteiger partial charge is 0.463 e. The summed E-state index contributed by atoms with van der Waals surface area (Å²) in [5, 5.41) is 9.95. The molecule has 0 saturated heterocycles. The molecule has 0 aliphatic heterocycles. The van der Waals surface area contributed by atoms with Gasteiger partial charge in [0.25, 0.3) is 0 Å². The van der Waals surface area contributed by atoms with Crippen LogP contribution in [0.4, 0.5) is 0 Å². The molecule has 2 aromatic heterocycles. The van der Waals surface area contributed by atoms with Gasteiger partial charge in [-0.15, -0.1) is 16.8 Å². The molecule has 0 fully saturated rings. The van der Waals surface area contributed by atoms with Crippen LogP contribution in [0.3, 0.4) is 0 Å². The Morgan fingerprint density at radius 3 is 2.81 bits per heavy atom. The molecule has 0 amide bonds. The lowest BCUT2D eigenvalue weighted by Crippen LogP contribution is -2.03. The molecule has 3 aromatic rings. The first-order valence-electron chi connectivity index (χ1n) is 7.71. The Labute approximate surface area is 159 Å². The number of aromatic nitrogens is 3. The van der Waals surface area contributed by atoms with Crippen molar-refractivity contribution < 1.29 is 13.9 Å². The summed E-state index contributed by atoms with van der Waals surface area (Å²) in [4.78, 5) is 11.7. The van der Waals surface area contributed by atoms with Gasteiger partial charge in [0, 0.05) is 28.4 Å². The van der Waals surface area contributed by atoms with Crippen LogP contribution in [0, 0.1) is 0 Å². The molecule has 0 atom stereocenters. The average Bonchev–Trinajstić information content (AvgIpc) is 3.27. The van der Waals surface area contributed by atoms with Crippen molar-refractivity contribution in [3.05, 3.63) is 65.6 Å². The second kappa shape index (κ2) is 8.25. The maximum absolute atomic E-state index is 11.7. The van der Waals surface area contributed by atoms with Gasteiger partial charge in [-0.1, -0.05) is 29.4 Å². The third-order valence-corrected chi connectivity index (χ3v) is 4.87. The zero-order valence-corrected chi connectivity index (χ0v) is 15.6. The number of esters is 1. The number of hydrogen-bond acceptors (Lipinski definition) is 6. The molecule has 6 nitrogen and oxygen atoms in total. The number of allylic oxidation sites excluding steroid dienone is 1. The fraction of sp³-hybridized carbons (Fsp3) is 0.167. The number of carbonyl (C=O) groups is 1. The smallest absolute Gasteiger partial charge is 0.374 e. The minimum Gasteiger partial charge on any atom is -0.463 e. The Morgan fingerprint density at radius 2 is 2.12 bits per heavy atom. The normalized spacial score (nSPS) is 10.7. The molecule has 134 valence electrons. The van der Waals surface area contributed by atoms with Crippen LogP contribution in [0.15, 0.2) is 58.8 Å². The first-order chi connectivity index (χ1) is 12.6. The van der Waals surface area contributed by atoms with E-state index in [9.17, 15) is 4.79 Å². The molecule has 8 heteroatoms. The summed E-state index contributed by atoms with van der Waals surface area (Å²) < 4.78 is 11.9. The summed E-state index contributed by atoms with van der Waals surface area (Å²) in [6.45, 7) is 4.36. The SMILES string of the molecule is C=CCn1c(SCc2ccoc2C(=O)OC)nnc1-c1ccc(Cl)cc1. The van der Waals surface area contributed by atoms with Crippen molar-refractivity contribution in [3.8, 4) is 11.4 Å². The molecule has 26 heavy (non-hydrogen) atoms. The molecule has 0 aliphatic carbocycles. The number of benzene rings is 1. The maximum atomic E-state index is 11.7. The summed E-state index contributed by atoms with van der Waals surface area (Å²) in [6, 6.07) is 9.15. The van der Waals surface area contributed by atoms with Crippen LogP contribution in [-0.4, -0.2) is 27.8 Å². The number of methoxy groups -OCH3 is 1. The Balaban J connectivity index is 1.84. The zero-order chi connectivity index (χ0) is 18.5. The second-order valence-corrected chi connectivity index (χ2v) is 6.65. The summed E-state index contributed by atoms with van der Waals surface area (Å²) in [6.07, 6.45) is 3.25. The molecule has 0 N–H and O–H groups in total. The highest BCUT2D eigenvalue weighted by molar-refractivity contribution is 7.98. The van der Waals surface area contributed by atoms with Crippen molar-refractivity contribution in [1.82, 2.24) is 14.8 Å². The van der Waals surface area contributed by atoms with Crippen molar-refractivity contribution >= 4 is 29.3 Å². The van der Waals surface area contributed by atoms with Gasteiger partial charge < -0.3 is 9.15 Å². The first kappa shape index (κ1) is 18.3. The Hall–Kier alpha value is -2.51. The molecular weight excluding hydrogens is 374 g/mol. The number of hydrogen-bond donors (Lipinski definition) is 0. The van der Waals surface area contributed by atoms with Gasteiger partial charge in [-0.2, -0.15) is 0 Å². The van der Waals surface area contributed by atoms with E-state index in [-0.39, 0.29) is 5.76 Å². The highest BCUT2D eigenvalue weighted by Gasteiger charge is 2.18. The van der Waals surface area contributed by atoms with E-state index in [2.05, 4.69) is 16.8 Å². The fourth-order valence-electron chi connectivity index (χ4n) is 2.37. The minimum atomic E-state index is -0.500. The molecule has 0 radical (unpaired) electrons. The summed E-state index contributed by atoms with van der Waals surface area (Å²) in [7, 11) is 1.32. The average molecular weight is 390 g/mol. The minimum absolute atomic E-state index is 0.202. The second-order valence-electron chi connectivity index (χ2n) is 5.27. The van der Waals surface area contributed by atoms with Crippen molar-refractivity contribution in [3.63, 3.8) is 0 Å². The number of thioether (sulfide) groups is 1. The van der Waals surface area contributed by atoms with Crippen LogP contribution in [0.2, 0.25) is 5.02 Å². The molecule has 0 spiro atoms. The molecule has 3 rings (SSSR count). The van der Waals surface area contributed by atoms with Crippen LogP contribution in [0.5, 0.6) is 0 Å². The third kappa shape index (κ3) is 3.84. The van der Waals surface area contributed by atoms with Crippen LogP contribution in [0.1, 0.15) is 16.1 Å². The highest BCUT2D eigenvalue weighted by Crippen LogP contribution is 2.28. The van der Waals surface area contributed by atoms with Gasteiger partial charge in [-0.3, -0.25) is 4.57 Å². The van der Waals surface area contributed by atoms with Gasteiger partial charge >= 0.3 is 5.97 Å². The first-order valence-corrected chi connectivity index (χ1v) is 9.08. The van der Waals surface area contributed by atoms with Gasteiger partial charge in [0.15, 0.2) is 11.0 Å². The van der Waals surface area contributed by atoms with E-state index < -0.39 is 5.97 Å². The number of ether oxygens (including phenoxy) is 1. The summed E-state index contributed by atoms with van der Waals surface area (Å²) >= 11 is 7.41. The zero-order valence-electron chi connectivity index (χ0n) is 14.0. The Morgan fingerprint density at radius 1 is 1.35 bits per heavy atom. The van der Waals surface area contributed by atoms with Crippen LogP contribution in [0.25, 0.3) is 11.4 Å². The van der Waals surface area contributed by atoms with Crippen LogP contribution >= 0.6 is 23.4 Å². The monoisotopic (exact) mass is 389 g/mol. The molecule has 0 unspecified atom stereocenters. The molecular formula is C18H16ClN3O3S. The van der Waals surface area contributed by atoms with E-state index in [1.807, 2.05) is 28.8 Å². The van der Waals surface area contributed by atoms with Crippen molar-refractivity contribution in [2.45, 2.75) is 17.5 Å². The Bertz CT molecular complexity index is 918. The number of carbonyl (C=O) groups excluding carboxylic acids is 1. The van der Waals surface area contributed by atoms with Gasteiger partial charge in [0.1, 0.15) is 0 Å². The lowest BCUT2D eigenvalue weighted by molar-refractivity contribution is 0.0564. The molecule has 2 heterocycles.